The first-order valence-electron chi connectivity index (χ1n) is 24.3. The summed E-state index contributed by atoms with van der Waals surface area (Å²) in [6, 6.07) is 0. The van der Waals surface area contributed by atoms with Crippen LogP contribution in [0.5, 0.6) is 0 Å². The third-order valence-electron chi connectivity index (χ3n) is 11.3. The predicted molar refractivity (Wildman–Crippen MR) is 233 cm³/mol. The lowest BCUT2D eigenvalue weighted by Crippen LogP contribution is -2.30. The van der Waals surface area contributed by atoms with E-state index in [1.54, 1.807) is 0 Å². The van der Waals surface area contributed by atoms with Crippen LogP contribution in [0.15, 0.2) is 0 Å². The zero-order valence-electron chi connectivity index (χ0n) is 37.6. The molecule has 0 fully saturated rings. The minimum absolute atomic E-state index is 0.0645. The maximum atomic E-state index is 12.7. The van der Waals surface area contributed by atoms with E-state index < -0.39 is 6.10 Å². The van der Waals surface area contributed by atoms with Gasteiger partial charge in [0.15, 0.2) is 6.10 Å². The molecule has 326 valence electrons. The molecule has 0 spiro atoms. The summed E-state index contributed by atoms with van der Waals surface area (Å²) in [6.45, 7) is 11.3. The summed E-state index contributed by atoms with van der Waals surface area (Å²) in [5.74, 6) is 0.810. The van der Waals surface area contributed by atoms with Gasteiger partial charge in [-0.25, -0.2) is 0 Å². The second kappa shape index (κ2) is 42.0. The lowest BCUT2D eigenvalue weighted by molar-refractivity contribution is -0.167. The van der Waals surface area contributed by atoms with Gasteiger partial charge in [-0.3, -0.25) is 14.4 Å². The van der Waals surface area contributed by atoms with Gasteiger partial charge in [-0.1, -0.05) is 227 Å². The molecule has 0 aliphatic rings. The molecule has 0 radical (unpaired) electrons. The molecule has 0 saturated heterocycles. The summed E-state index contributed by atoms with van der Waals surface area (Å²) in [5, 5.41) is 0. The molecule has 1 unspecified atom stereocenters. The standard InChI is InChI=1S/C49H94O6/c1-6-8-9-10-11-12-13-14-18-24-29-34-39-47(50)53-42-46(43-54-48(51)40-35-30-25-21-20-23-28-33-38-45(5)7-2)55-49(52)41-36-31-26-19-16-15-17-22-27-32-37-44(3)4/h44-46H,6-43H2,1-5H3/t45?,46-/m1/s1. The van der Waals surface area contributed by atoms with Crippen LogP contribution >= 0.6 is 0 Å². The molecule has 0 amide bonds. The number of rotatable bonds is 43. The van der Waals surface area contributed by atoms with Gasteiger partial charge in [0.1, 0.15) is 13.2 Å². The molecule has 0 heterocycles. The molecular formula is C49H94O6. The van der Waals surface area contributed by atoms with E-state index in [2.05, 4.69) is 34.6 Å². The Bertz CT molecular complexity index is 841. The van der Waals surface area contributed by atoms with Gasteiger partial charge in [0.25, 0.3) is 0 Å². The largest absolute Gasteiger partial charge is 0.462 e. The second-order valence-corrected chi connectivity index (χ2v) is 17.5. The number of ether oxygens (including phenoxy) is 3. The highest BCUT2D eigenvalue weighted by Crippen LogP contribution is 2.17. The SMILES string of the molecule is CCCCCCCCCCCCCCC(=O)OC[C@H](COC(=O)CCCCCCCCCCC(C)CC)OC(=O)CCCCCCCCCCCCC(C)C. The summed E-state index contributed by atoms with van der Waals surface area (Å²) in [5.41, 5.74) is 0. The molecule has 0 aliphatic heterocycles. The number of carbonyl (C=O) groups excluding carboxylic acids is 3. The number of esters is 3. The van der Waals surface area contributed by atoms with Crippen molar-refractivity contribution < 1.29 is 28.6 Å². The first-order chi connectivity index (χ1) is 26.8. The van der Waals surface area contributed by atoms with Gasteiger partial charge in [-0.2, -0.15) is 0 Å². The van der Waals surface area contributed by atoms with Gasteiger partial charge >= 0.3 is 17.9 Å². The fourth-order valence-corrected chi connectivity index (χ4v) is 7.25. The lowest BCUT2D eigenvalue weighted by Gasteiger charge is -2.18. The highest BCUT2D eigenvalue weighted by Gasteiger charge is 2.19. The van der Waals surface area contributed by atoms with E-state index in [-0.39, 0.29) is 31.1 Å². The van der Waals surface area contributed by atoms with Crippen molar-refractivity contribution in [1.29, 1.82) is 0 Å². The smallest absolute Gasteiger partial charge is 0.306 e. The predicted octanol–water partition coefficient (Wildman–Crippen LogP) is 15.4. The van der Waals surface area contributed by atoms with E-state index in [4.69, 9.17) is 14.2 Å². The average molecular weight is 779 g/mol. The minimum atomic E-state index is -0.761. The van der Waals surface area contributed by atoms with Crippen LogP contribution in [-0.4, -0.2) is 37.2 Å². The maximum Gasteiger partial charge on any atom is 0.306 e. The van der Waals surface area contributed by atoms with Crippen LogP contribution in [0.3, 0.4) is 0 Å². The second-order valence-electron chi connectivity index (χ2n) is 17.5. The molecule has 0 aromatic carbocycles. The molecule has 0 aliphatic carbocycles. The number of hydrogen-bond donors (Lipinski definition) is 0. The molecule has 0 N–H and O–H groups in total. The van der Waals surface area contributed by atoms with Crippen LogP contribution in [0, 0.1) is 11.8 Å². The Morgan fingerprint density at radius 3 is 1.04 bits per heavy atom. The van der Waals surface area contributed by atoms with Crippen LogP contribution in [-0.2, 0) is 28.6 Å². The van der Waals surface area contributed by atoms with E-state index in [9.17, 15) is 14.4 Å². The van der Waals surface area contributed by atoms with Gasteiger partial charge in [-0.15, -0.1) is 0 Å². The van der Waals surface area contributed by atoms with E-state index >= 15 is 0 Å². The van der Waals surface area contributed by atoms with Crippen molar-refractivity contribution in [3.63, 3.8) is 0 Å². The highest BCUT2D eigenvalue weighted by atomic mass is 16.6. The van der Waals surface area contributed by atoms with Crippen molar-refractivity contribution >= 4 is 17.9 Å². The number of carbonyl (C=O) groups is 3. The van der Waals surface area contributed by atoms with Crippen molar-refractivity contribution in [3.8, 4) is 0 Å². The molecule has 0 saturated carbocycles. The maximum absolute atomic E-state index is 12.7. The molecule has 55 heavy (non-hydrogen) atoms. The van der Waals surface area contributed by atoms with E-state index in [1.165, 1.54) is 154 Å². The van der Waals surface area contributed by atoms with Crippen LogP contribution in [0.25, 0.3) is 0 Å². The van der Waals surface area contributed by atoms with Gasteiger partial charge in [0.2, 0.25) is 0 Å². The summed E-state index contributed by atoms with van der Waals surface area (Å²) in [7, 11) is 0. The van der Waals surface area contributed by atoms with Gasteiger partial charge in [0, 0.05) is 19.3 Å². The van der Waals surface area contributed by atoms with Crippen LogP contribution < -0.4 is 0 Å². The Labute approximate surface area is 342 Å². The summed E-state index contributed by atoms with van der Waals surface area (Å²) in [6.07, 6.45) is 40.8. The third kappa shape index (κ3) is 41.9. The molecular weight excluding hydrogens is 685 g/mol. The first-order valence-corrected chi connectivity index (χ1v) is 24.3. The van der Waals surface area contributed by atoms with Crippen LogP contribution in [0.2, 0.25) is 0 Å². The molecule has 0 rings (SSSR count). The monoisotopic (exact) mass is 779 g/mol. The Morgan fingerprint density at radius 1 is 0.382 bits per heavy atom. The van der Waals surface area contributed by atoms with Crippen molar-refractivity contribution in [2.45, 2.75) is 272 Å². The van der Waals surface area contributed by atoms with E-state index in [0.29, 0.717) is 19.3 Å². The van der Waals surface area contributed by atoms with Crippen molar-refractivity contribution in [2.24, 2.45) is 11.8 Å². The summed E-state index contributed by atoms with van der Waals surface area (Å²) < 4.78 is 16.8. The lowest BCUT2D eigenvalue weighted by atomic mass is 9.99. The molecule has 0 bridgehead atoms. The number of hydrogen-bond acceptors (Lipinski definition) is 6. The first kappa shape index (κ1) is 53.4. The fraction of sp³-hybridized carbons (Fsp3) is 0.939. The fourth-order valence-electron chi connectivity index (χ4n) is 7.25. The Morgan fingerprint density at radius 2 is 0.691 bits per heavy atom. The van der Waals surface area contributed by atoms with Crippen LogP contribution in [0.4, 0.5) is 0 Å². The van der Waals surface area contributed by atoms with Gasteiger partial charge in [-0.05, 0) is 31.1 Å². The van der Waals surface area contributed by atoms with Crippen LogP contribution in [0.1, 0.15) is 266 Å². The zero-order valence-corrected chi connectivity index (χ0v) is 37.6. The topological polar surface area (TPSA) is 78.9 Å². The molecule has 2 atom stereocenters. The van der Waals surface area contributed by atoms with Crippen molar-refractivity contribution in [3.05, 3.63) is 0 Å². The summed E-state index contributed by atoms with van der Waals surface area (Å²) >= 11 is 0. The van der Waals surface area contributed by atoms with Crippen molar-refractivity contribution in [2.75, 3.05) is 13.2 Å². The Hall–Kier alpha value is -1.59. The van der Waals surface area contributed by atoms with E-state index in [1.807, 2.05) is 0 Å². The highest BCUT2D eigenvalue weighted by molar-refractivity contribution is 5.71. The van der Waals surface area contributed by atoms with Crippen molar-refractivity contribution in [1.82, 2.24) is 0 Å². The molecule has 0 aromatic heterocycles. The van der Waals surface area contributed by atoms with Gasteiger partial charge in [0.05, 0.1) is 0 Å². The molecule has 0 aromatic rings. The Kier molecular flexibility index (Phi) is 40.8. The average Bonchev–Trinajstić information content (AvgIpc) is 3.17. The Balaban J connectivity index is 4.34. The normalized spacial score (nSPS) is 12.5. The number of unbranched alkanes of at least 4 members (excludes halogenated alkanes) is 27. The molecule has 6 nitrogen and oxygen atoms in total. The minimum Gasteiger partial charge on any atom is -0.462 e. The zero-order chi connectivity index (χ0) is 40.5. The van der Waals surface area contributed by atoms with E-state index in [0.717, 1.165) is 69.6 Å². The summed E-state index contributed by atoms with van der Waals surface area (Å²) in [4.78, 5) is 37.8. The third-order valence-corrected chi connectivity index (χ3v) is 11.3. The quantitative estimate of drug-likeness (QED) is 0.0348. The van der Waals surface area contributed by atoms with Gasteiger partial charge < -0.3 is 14.2 Å². The molecule has 6 heteroatoms.